The van der Waals surface area contributed by atoms with E-state index >= 15 is 0 Å². The van der Waals surface area contributed by atoms with E-state index in [1.165, 1.54) is 4.31 Å². The van der Waals surface area contributed by atoms with Gasteiger partial charge in [0.2, 0.25) is 15.9 Å². The van der Waals surface area contributed by atoms with Crippen LogP contribution in [0.3, 0.4) is 0 Å². The Kier molecular flexibility index (Phi) is 5.33. The first-order valence-electron chi connectivity index (χ1n) is 8.18. The third kappa shape index (κ3) is 4.35. The van der Waals surface area contributed by atoms with Crippen molar-refractivity contribution in [2.24, 2.45) is 0 Å². The standard InChI is InChI=1S/C16H22N2O6S/c1-25(20,21)18(5-4-16(19)17-6-8-22-9-7-17)13-2-3-14-15(12-13)24-11-10-23-14/h2-3,12H,4-11H2,1H3. The summed E-state index contributed by atoms with van der Waals surface area (Å²) in [4.78, 5) is 14.0. The van der Waals surface area contributed by atoms with Crippen molar-refractivity contribution in [3.8, 4) is 11.5 Å². The van der Waals surface area contributed by atoms with Gasteiger partial charge in [-0.15, -0.1) is 0 Å². The van der Waals surface area contributed by atoms with Gasteiger partial charge < -0.3 is 19.1 Å². The molecule has 0 aliphatic carbocycles. The molecule has 1 aromatic carbocycles. The Hall–Kier alpha value is -2.00. The summed E-state index contributed by atoms with van der Waals surface area (Å²) in [6, 6.07) is 4.98. The lowest BCUT2D eigenvalue weighted by Gasteiger charge is -2.29. The van der Waals surface area contributed by atoms with Crippen LogP contribution >= 0.6 is 0 Å². The number of carbonyl (C=O) groups excluding carboxylic acids is 1. The summed E-state index contributed by atoms with van der Waals surface area (Å²) in [5.41, 5.74) is 0.460. The maximum absolute atomic E-state index is 12.3. The van der Waals surface area contributed by atoms with E-state index in [1.54, 1.807) is 23.1 Å². The molecule has 8 nitrogen and oxygen atoms in total. The monoisotopic (exact) mass is 370 g/mol. The highest BCUT2D eigenvalue weighted by molar-refractivity contribution is 7.92. The Morgan fingerprint density at radius 1 is 1.12 bits per heavy atom. The Labute approximate surface area is 147 Å². The number of hydrogen-bond acceptors (Lipinski definition) is 6. The summed E-state index contributed by atoms with van der Waals surface area (Å²) in [5, 5.41) is 0. The number of amides is 1. The van der Waals surface area contributed by atoms with Crippen LogP contribution in [0, 0.1) is 0 Å². The highest BCUT2D eigenvalue weighted by Crippen LogP contribution is 2.34. The molecule has 138 valence electrons. The summed E-state index contributed by atoms with van der Waals surface area (Å²) in [6.45, 7) is 3.09. The predicted octanol–water partition coefficient (Wildman–Crippen LogP) is 0.473. The predicted molar refractivity (Wildman–Crippen MR) is 91.6 cm³/mol. The van der Waals surface area contributed by atoms with E-state index in [0.29, 0.717) is 56.7 Å². The van der Waals surface area contributed by atoms with E-state index in [1.807, 2.05) is 0 Å². The highest BCUT2D eigenvalue weighted by atomic mass is 32.2. The zero-order chi connectivity index (χ0) is 17.9. The van der Waals surface area contributed by atoms with Gasteiger partial charge in [-0.05, 0) is 12.1 Å². The van der Waals surface area contributed by atoms with E-state index in [0.717, 1.165) is 6.26 Å². The fourth-order valence-electron chi connectivity index (χ4n) is 2.84. The minimum Gasteiger partial charge on any atom is -0.486 e. The summed E-state index contributed by atoms with van der Waals surface area (Å²) in [7, 11) is -3.53. The second-order valence-electron chi connectivity index (χ2n) is 5.91. The molecule has 0 atom stereocenters. The first-order valence-corrected chi connectivity index (χ1v) is 10.0. The van der Waals surface area contributed by atoms with Gasteiger partial charge in [-0.3, -0.25) is 9.10 Å². The smallest absolute Gasteiger partial charge is 0.232 e. The van der Waals surface area contributed by atoms with Gasteiger partial charge in [-0.1, -0.05) is 0 Å². The van der Waals surface area contributed by atoms with E-state index in [2.05, 4.69) is 0 Å². The number of carbonyl (C=O) groups is 1. The average molecular weight is 370 g/mol. The number of hydrogen-bond donors (Lipinski definition) is 0. The number of morpholine rings is 1. The number of sulfonamides is 1. The number of fused-ring (bicyclic) bond motifs is 1. The largest absolute Gasteiger partial charge is 0.486 e. The van der Waals surface area contributed by atoms with Crippen LogP contribution in [-0.4, -0.2) is 71.5 Å². The molecule has 0 bridgehead atoms. The molecule has 0 spiro atoms. The average Bonchev–Trinajstić information content (AvgIpc) is 2.61. The van der Waals surface area contributed by atoms with Crippen LogP contribution in [0.5, 0.6) is 11.5 Å². The van der Waals surface area contributed by atoms with Gasteiger partial charge in [0.1, 0.15) is 13.2 Å². The van der Waals surface area contributed by atoms with Gasteiger partial charge in [0.05, 0.1) is 25.2 Å². The van der Waals surface area contributed by atoms with Crippen LogP contribution in [-0.2, 0) is 19.6 Å². The lowest BCUT2D eigenvalue weighted by Crippen LogP contribution is -2.42. The minimum atomic E-state index is -3.53. The quantitative estimate of drug-likeness (QED) is 0.749. The second-order valence-corrected chi connectivity index (χ2v) is 7.81. The van der Waals surface area contributed by atoms with Gasteiger partial charge in [0.25, 0.3) is 0 Å². The van der Waals surface area contributed by atoms with Crippen LogP contribution in [0.4, 0.5) is 5.69 Å². The lowest BCUT2D eigenvalue weighted by molar-refractivity contribution is -0.134. The number of ether oxygens (including phenoxy) is 3. The lowest BCUT2D eigenvalue weighted by atomic mass is 10.2. The molecule has 0 saturated carbocycles. The van der Waals surface area contributed by atoms with Crippen LogP contribution in [0.15, 0.2) is 18.2 Å². The third-order valence-electron chi connectivity index (χ3n) is 4.11. The molecule has 0 N–H and O–H groups in total. The Morgan fingerprint density at radius 2 is 1.80 bits per heavy atom. The first-order chi connectivity index (χ1) is 11.9. The van der Waals surface area contributed by atoms with Gasteiger partial charge in [-0.25, -0.2) is 8.42 Å². The summed E-state index contributed by atoms with van der Waals surface area (Å²) in [6.07, 6.45) is 1.24. The number of anilines is 1. The molecule has 3 rings (SSSR count). The summed E-state index contributed by atoms with van der Waals surface area (Å²) >= 11 is 0. The zero-order valence-electron chi connectivity index (χ0n) is 14.1. The molecule has 0 aromatic heterocycles. The second kappa shape index (κ2) is 7.49. The van der Waals surface area contributed by atoms with E-state index in [9.17, 15) is 13.2 Å². The molecule has 1 saturated heterocycles. The van der Waals surface area contributed by atoms with Crippen molar-refractivity contribution < 1.29 is 27.4 Å². The third-order valence-corrected chi connectivity index (χ3v) is 5.30. The maximum Gasteiger partial charge on any atom is 0.232 e. The van der Waals surface area contributed by atoms with E-state index in [4.69, 9.17) is 14.2 Å². The molecule has 0 radical (unpaired) electrons. The van der Waals surface area contributed by atoms with Crippen LogP contribution in [0.1, 0.15) is 6.42 Å². The molecule has 2 heterocycles. The van der Waals surface area contributed by atoms with Gasteiger partial charge in [-0.2, -0.15) is 0 Å². The Morgan fingerprint density at radius 3 is 2.48 bits per heavy atom. The molecule has 1 amide bonds. The Balaban J connectivity index is 1.73. The topological polar surface area (TPSA) is 85.4 Å². The van der Waals surface area contributed by atoms with Crippen LogP contribution in [0.25, 0.3) is 0 Å². The number of benzene rings is 1. The van der Waals surface area contributed by atoms with Crippen molar-refractivity contribution in [3.63, 3.8) is 0 Å². The molecule has 2 aliphatic rings. The zero-order valence-corrected chi connectivity index (χ0v) is 15.0. The fourth-order valence-corrected chi connectivity index (χ4v) is 3.76. The molecule has 1 aromatic rings. The van der Waals surface area contributed by atoms with Gasteiger partial charge >= 0.3 is 0 Å². The maximum atomic E-state index is 12.3. The van der Waals surface area contributed by atoms with Crippen molar-refractivity contribution >= 4 is 21.6 Å². The van der Waals surface area contributed by atoms with Crippen molar-refractivity contribution in [2.45, 2.75) is 6.42 Å². The van der Waals surface area contributed by atoms with Crippen molar-refractivity contribution in [3.05, 3.63) is 18.2 Å². The van der Waals surface area contributed by atoms with Gasteiger partial charge in [0.15, 0.2) is 11.5 Å². The highest BCUT2D eigenvalue weighted by Gasteiger charge is 2.23. The normalized spacial score (nSPS) is 17.2. The minimum absolute atomic E-state index is 0.0745. The molecular formula is C16H22N2O6S. The van der Waals surface area contributed by atoms with E-state index < -0.39 is 10.0 Å². The number of nitrogens with zero attached hydrogens (tertiary/aromatic N) is 2. The van der Waals surface area contributed by atoms with Crippen molar-refractivity contribution in [2.75, 3.05) is 56.6 Å². The fraction of sp³-hybridized carbons (Fsp3) is 0.562. The summed E-state index contributed by atoms with van der Waals surface area (Å²) < 4.78 is 41.8. The molecule has 1 fully saturated rings. The molecule has 25 heavy (non-hydrogen) atoms. The van der Waals surface area contributed by atoms with Crippen LogP contribution < -0.4 is 13.8 Å². The molecule has 0 unspecified atom stereocenters. The van der Waals surface area contributed by atoms with Crippen molar-refractivity contribution in [1.29, 1.82) is 0 Å². The van der Waals surface area contributed by atoms with Gasteiger partial charge in [0, 0.05) is 32.1 Å². The SMILES string of the molecule is CS(=O)(=O)N(CCC(=O)N1CCOCC1)c1ccc2c(c1)OCCO2. The number of rotatable bonds is 5. The molecule has 9 heteroatoms. The van der Waals surface area contributed by atoms with E-state index in [-0.39, 0.29) is 18.9 Å². The van der Waals surface area contributed by atoms with Crippen molar-refractivity contribution in [1.82, 2.24) is 4.90 Å². The summed E-state index contributed by atoms with van der Waals surface area (Å²) in [5.74, 6) is 1.03. The first kappa shape index (κ1) is 17.8. The molecule has 2 aliphatic heterocycles. The Bertz CT molecular complexity index is 730. The molecular weight excluding hydrogens is 348 g/mol. The van der Waals surface area contributed by atoms with Crippen LogP contribution in [0.2, 0.25) is 0 Å².